The van der Waals surface area contributed by atoms with Crippen LogP contribution in [0.25, 0.3) is 0 Å². The van der Waals surface area contributed by atoms with Crippen LogP contribution in [0.15, 0.2) is 0 Å². The topological polar surface area (TPSA) is 51.2 Å². The summed E-state index contributed by atoms with van der Waals surface area (Å²) in [6, 6.07) is 0. The third-order valence-corrected chi connectivity index (χ3v) is 1.71. The second-order valence-electron chi connectivity index (χ2n) is 1.02. The molecule has 1 N–H and O–H groups in total. The maximum atomic E-state index is 8.41. The Morgan fingerprint density at radius 3 is 1.67 bits per heavy atom. The van der Waals surface area contributed by atoms with Gasteiger partial charge in [0.15, 0.2) is 0 Å². The molecule has 0 atom stereocenters. The van der Waals surface area contributed by atoms with Gasteiger partial charge in [0.1, 0.15) is 0 Å². The molecular weight excluding hydrogens is 106 g/mol. The average molecular weight is 107 g/mol. The summed E-state index contributed by atoms with van der Waals surface area (Å²) in [7, 11) is -2.88. The van der Waals surface area contributed by atoms with Crippen molar-refractivity contribution in [3.05, 3.63) is 0 Å². The molecule has 6 heavy (non-hydrogen) atoms. The summed E-state index contributed by atoms with van der Waals surface area (Å²) < 4.78 is 12.9. The van der Waals surface area contributed by atoms with Gasteiger partial charge >= 0.3 is 9.05 Å². The first-order valence-electron chi connectivity index (χ1n) is 1.38. The van der Waals surface area contributed by atoms with Gasteiger partial charge < -0.3 is 4.80 Å². The van der Waals surface area contributed by atoms with E-state index in [1.54, 1.807) is 0 Å². The summed E-state index contributed by atoms with van der Waals surface area (Å²) in [6.07, 6.45) is 0. The molecule has 0 aromatic carbocycles. The van der Waals surface area contributed by atoms with Gasteiger partial charge in [-0.3, -0.25) is 0 Å². The third-order valence-electron chi connectivity index (χ3n) is 0.570. The molecule has 5 nitrogen and oxygen atoms in total. The van der Waals surface area contributed by atoms with Crippen molar-refractivity contribution < 1.29 is 18.4 Å². The van der Waals surface area contributed by atoms with Gasteiger partial charge in [0.05, 0.1) is 5.39 Å². The Bertz CT molecular complexity index is 74.5. The van der Waals surface area contributed by atoms with E-state index in [0.717, 1.165) is 5.39 Å². The number of nitrogens with zero attached hydrogens (tertiary/aromatic N) is 1. The first kappa shape index (κ1) is 3.08. The van der Waals surface area contributed by atoms with Gasteiger partial charge in [-0.2, -0.15) is 0 Å². The first-order chi connectivity index (χ1) is 2.79. The molecule has 3 heterocycles. The van der Waals surface area contributed by atoms with Gasteiger partial charge in [0.2, 0.25) is 0 Å². The van der Waals surface area contributed by atoms with Crippen molar-refractivity contribution in [1.29, 1.82) is 0 Å². The molecule has 0 aromatic heterocycles. The average Bonchev–Trinajstić information content (AvgIpc) is 1.24. The van der Waals surface area contributed by atoms with Crippen LogP contribution in [0, 0.1) is 0 Å². The van der Waals surface area contributed by atoms with Crippen molar-refractivity contribution >= 4 is 9.05 Å². The Balaban J connectivity index is 2.19. The molecule has 3 saturated heterocycles. The van der Waals surface area contributed by atoms with Crippen molar-refractivity contribution in [3.8, 4) is 0 Å². The lowest BCUT2D eigenvalue weighted by Gasteiger charge is -2.48. The van der Waals surface area contributed by atoms with Crippen LogP contribution in [0.2, 0.25) is 0 Å². The van der Waals surface area contributed by atoms with Gasteiger partial charge in [0.25, 0.3) is 0 Å². The second-order valence-corrected chi connectivity index (χ2v) is 2.62. The van der Waals surface area contributed by atoms with E-state index in [1.807, 2.05) is 0 Å². The predicted molar refractivity (Wildman–Crippen MR) is 13.1 cm³/mol. The first-order valence-corrected chi connectivity index (χ1v) is 3.06. The summed E-state index contributed by atoms with van der Waals surface area (Å²) in [5, 5.41) is 0.770. The molecule has 0 radical (unpaired) electrons. The molecule has 0 amide bonds. The van der Waals surface area contributed by atoms with E-state index < -0.39 is 9.05 Å². The molecule has 3 rings (SSSR count). The number of rotatable bonds is 0. The van der Waals surface area contributed by atoms with Crippen LogP contribution in [0.3, 0.4) is 0 Å². The van der Waals surface area contributed by atoms with E-state index in [9.17, 15) is 0 Å². The van der Waals surface area contributed by atoms with Crippen LogP contribution in [-0.2, 0) is 13.6 Å². The zero-order valence-electron chi connectivity index (χ0n) is 2.62. The van der Waals surface area contributed by atoms with Crippen LogP contribution in [-0.4, -0.2) is 19.2 Å². The zero-order valence-corrected chi connectivity index (χ0v) is 3.62. The van der Waals surface area contributed by atoms with E-state index in [2.05, 4.69) is 13.6 Å². The molecule has 3 fully saturated rings. The molecule has 6 heteroatoms. The fourth-order valence-corrected chi connectivity index (χ4v) is 0.909. The van der Waals surface area contributed by atoms with Gasteiger partial charge in [-0.1, -0.05) is 0 Å². The summed E-state index contributed by atoms with van der Waals surface area (Å²) in [5.74, 6) is 0. The maximum absolute atomic E-state index is 8.41. The lowest BCUT2D eigenvalue weighted by Crippen LogP contribution is -2.78. The number of hydrogen-bond acceptors (Lipinski definition) is 5. The summed E-state index contributed by atoms with van der Waals surface area (Å²) in [5.41, 5.74) is 0. The monoisotopic (exact) mass is 107 g/mol. The van der Waals surface area contributed by atoms with Gasteiger partial charge in [-0.05, 0) is 0 Å². The Kier molecular flexibility index (Phi) is 0.287. The lowest BCUT2D eigenvalue weighted by molar-refractivity contribution is -0.645. The molecule has 3 aliphatic heterocycles. The van der Waals surface area contributed by atoms with Crippen LogP contribution < -0.4 is 0 Å². The minimum atomic E-state index is -2.88. The molecule has 0 spiro atoms. The van der Waals surface area contributed by atoms with Crippen molar-refractivity contribution in [2.75, 3.05) is 0 Å². The highest BCUT2D eigenvalue weighted by molar-refractivity contribution is 6.55. The summed E-state index contributed by atoms with van der Waals surface area (Å²) in [6.45, 7) is 0. The van der Waals surface area contributed by atoms with Gasteiger partial charge in [-0.15, -0.1) is 0 Å². The SMILES string of the molecule is O[Si]12ON(O1)O2. The Labute approximate surface area is 34.0 Å². The van der Waals surface area contributed by atoms with E-state index in [1.165, 1.54) is 0 Å². The quantitative estimate of drug-likeness (QED) is 0.383. The summed E-state index contributed by atoms with van der Waals surface area (Å²) in [4.78, 5) is 8.41. The standard InChI is InChI=1S/HNO4Si/c2-6-3-1(4-6)5-6/h2H. The highest BCUT2D eigenvalue weighted by Gasteiger charge is 2.72. The molecule has 2 bridgehead atoms. The normalized spacial score (nSPS) is 62.5. The molecule has 0 aliphatic carbocycles. The second kappa shape index (κ2) is 0.561. The minimum Gasteiger partial charge on any atom is -0.365 e. The van der Waals surface area contributed by atoms with Crippen LogP contribution in [0.1, 0.15) is 0 Å². The van der Waals surface area contributed by atoms with E-state index in [4.69, 9.17) is 4.80 Å². The van der Waals surface area contributed by atoms with Gasteiger partial charge in [-0.25, -0.2) is 13.6 Å². The van der Waals surface area contributed by atoms with E-state index in [-0.39, 0.29) is 0 Å². The smallest absolute Gasteiger partial charge is 0.365 e. The Morgan fingerprint density at radius 2 is 1.67 bits per heavy atom. The third kappa shape index (κ3) is 0.162. The highest BCUT2D eigenvalue weighted by atomic mass is 28.4. The molecule has 0 saturated carbocycles. The van der Waals surface area contributed by atoms with Crippen LogP contribution in [0.5, 0.6) is 0 Å². The molecule has 0 unspecified atom stereocenters. The summed E-state index contributed by atoms with van der Waals surface area (Å²) >= 11 is 0. The van der Waals surface area contributed by atoms with Crippen LogP contribution >= 0.6 is 0 Å². The number of hydrogen-bond donors (Lipinski definition) is 1. The molecular formula is HNO4Si. The molecule has 0 aromatic rings. The van der Waals surface area contributed by atoms with Crippen molar-refractivity contribution in [2.24, 2.45) is 0 Å². The maximum Gasteiger partial charge on any atom is 0.739 e. The van der Waals surface area contributed by atoms with E-state index >= 15 is 0 Å². The highest BCUT2D eigenvalue weighted by Crippen LogP contribution is 2.34. The molecule has 3 aliphatic rings. The van der Waals surface area contributed by atoms with Crippen molar-refractivity contribution in [2.45, 2.75) is 0 Å². The fraction of sp³-hybridized carbons (Fsp3) is 0. The van der Waals surface area contributed by atoms with Crippen molar-refractivity contribution in [3.63, 3.8) is 0 Å². The predicted octanol–water partition coefficient (Wildman–Crippen LogP) is -1.46. The zero-order chi connectivity index (χ0) is 4.20. The largest absolute Gasteiger partial charge is 0.739 e. The lowest BCUT2D eigenvalue weighted by atomic mass is 13.0. The minimum absolute atomic E-state index is 0.770. The fourth-order valence-electron chi connectivity index (χ4n) is 0.303. The van der Waals surface area contributed by atoms with Gasteiger partial charge in [0, 0.05) is 0 Å². The van der Waals surface area contributed by atoms with E-state index in [0.29, 0.717) is 0 Å². The molecule has 34 valence electrons. The van der Waals surface area contributed by atoms with Crippen molar-refractivity contribution in [1.82, 2.24) is 5.39 Å². The Hall–Kier alpha value is 0.0169. The van der Waals surface area contributed by atoms with Crippen LogP contribution in [0.4, 0.5) is 0 Å². The Morgan fingerprint density at radius 1 is 1.33 bits per heavy atom.